The number of benzene rings is 1. The van der Waals surface area contributed by atoms with Gasteiger partial charge in [-0.25, -0.2) is 4.79 Å². The molecule has 7 heteroatoms. The molecule has 33 heavy (non-hydrogen) atoms. The zero-order valence-electron chi connectivity index (χ0n) is 20.5. The maximum absolute atomic E-state index is 12.8. The SMILES string of the molecule is CN(CCCCCc1cc(-c2ccccc2)n[nH]1)C(=O)C1CCN(C(=O)OC(C)(C)C)CC1. The molecule has 2 amide bonds. The van der Waals surface area contributed by atoms with Gasteiger partial charge in [0.25, 0.3) is 0 Å². The summed E-state index contributed by atoms with van der Waals surface area (Å²) >= 11 is 0. The molecule has 180 valence electrons. The Morgan fingerprint density at radius 3 is 2.48 bits per heavy atom. The van der Waals surface area contributed by atoms with E-state index in [9.17, 15) is 9.59 Å². The molecule has 1 aliphatic rings. The Labute approximate surface area is 197 Å². The lowest BCUT2D eigenvalue weighted by atomic mass is 9.95. The summed E-state index contributed by atoms with van der Waals surface area (Å²) in [5.74, 6) is 0.190. The van der Waals surface area contributed by atoms with Crippen LogP contribution in [0.15, 0.2) is 36.4 Å². The minimum atomic E-state index is -0.495. The smallest absolute Gasteiger partial charge is 0.410 e. The standard InChI is InChI=1S/C26H38N4O3/c1-26(2,3)33-25(32)30-17-14-21(15-18-30)24(31)29(4)16-10-6-9-13-22-19-23(28-27-22)20-11-7-5-8-12-20/h5,7-8,11-12,19,21H,6,9-10,13-18H2,1-4H3,(H,27,28). The predicted octanol–water partition coefficient (Wildman–Crippen LogP) is 4.90. The van der Waals surface area contributed by atoms with Gasteiger partial charge < -0.3 is 14.5 Å². The van der Waals surface area contributed by atoms with Crippen LogP contribution in [0.1, 0.15) is 58.6 Å². The van der Waals surface area contributed by atoms with Crippen LogP contribution in [0.3, 0.4) is 0 Å². The maximum Gasteiger partial charge on any atom is 0.410 e. The summed E-state index contributed by atoms with van der Waals surface area (Å²) in [6, 6.07) is 12.3. The van der Waals surface area contributed by atoms with Crippen LogP contribution in [0.2, 0.25) is 0 Å². The Morgan fingerprint density at radius 1 is 1.12 bits per heavy atom. The van der Waals surface area contributed by atoms with Crippen LogP contribution in [0.5, 0.6) is 0 Å². The largest absolute Gasteiger partial charge is 0.444 e. The fourth-order valence-electron chi connectivity index (χ4n) is 4.15. The highest BCUT2D eigenvalue weighted by atomic mass is 16.6. The maximum atomic E-state index is 12.8. The van der Waals surface area contributed by atoms with E-state index < -0.39 is 5.60 Å². The average molecular weight is 455 g/mol. The highest BCUT2D eigenvalue weighted by molar-refractivity contribution is 5.79. The summed E-state index contributed by atoms with van der Waals surface area (Å²) in [6.45, 7) is 7.53. The second-order valence-corrected chi connectivity index (χ2v) is 9.96. The topological polar surface area (TPSA) is 78.5 Å². The van der Waals surface area contributed by atoms with Gasteiger partial charge in [-0.05, 0) is 58.9 Å². The molecule has 1 aromatic heterocycles. The first-order chi connectivity index (χ1) is 15.7. The van der Waals surface area contributed by atoms with Crippen molar-refractivity contribution in [3.8, 4) is 11.3 Å². The van der Waals surface area contributed by atoms with Gasteiger partial charge in [-0.2, -0.15) is 5.10 Å². The molecular weight excluding hydrogens is 416 g/mol. The molecule has 0 radical (unpaired) electrons. The van der Waals surface area contributed by atoms with E-state index in [0.717, 1.165) is 49.2 Å². The van der Waals surface area contributed by atoms with Crippen LogP contribution < -0.4 is 0 Å². The number of amides is 2. The molecule has 1 aromatic carbocycles. The summed E-state index contributed by atoms with van der Waals surface area (Å²) < 4.78 is 5.44. The molecular formula is C26H38N4O3. The van der Waals surface area contributed by atoms with E-state index in [1.807, 2.05) is 50.9 Å². The Morgan fingerprint density at radius 2 is 1.82 bits per heavy atom. The second-order valence-electron chi connectivity index (χ2n) is 9.96. The van der Waals surface area contributed by atoms with Gasteiger partial charge in [-0.3, -0.25) is 9.89 Å². The summed E-state index contributed by atoms with van der Waals surface area (Å²) in [4.78, 5) is 28.6. The van der Waals surface area contributed by atoms with Gasteiger partial charge in [-0.1, -0.05) is 36.8 Å². The molecule has 0 bridgehead atoms. The molecule has 0 saturated carbocycles. The van der Waals surface area contributed by atoms with E-state index in [4.69, 9.17) is 4.74 Å². The summed E-state index contributed by atoms with van der Waals surface area (Å²) in [5.41, 5.74) is 2.76. The van der Waals surface area contributed by atoms with Crippen LogP contribution in [0.4, 0.5) is 4.79 Å². The lowest BCUT2D eigenvalue weighted by molar-refractivity contribution is -0.135. The quantitative estimate of drug-likeness (QED) is 0.576. The van der Waals surface area contributed by atoms with E-state index in [-0.39, 0.29) is 17.9 Å². The van der Waals surface area contributed by atoms with Gasteiger partial charge in [0.05, 0.1) is 5.69 Å². The lowest BCUT2D eigenvalue weighted by Gasteiger charge is -2.34. The molecule has 3 rings (SSSR count). The average Bonchev–Trinajstić information content (AvgIpc) is 3.27. The first kappa shape index (κ1) is 24.8. The number of H-pyrrole nitrogens is 1. The van der Waals surface area contributed by atoms with Gasteiger partial charge >= 0.3 is 6.09 Å². The van der Waals surface area contributed by atoms with Crippen molar-refractivity contribution in [2.24, 2.45) is 5.92 Å². The number of likely N-dealkylation sites (tertiary alicyclic amines) is 1. The number of aromatic amines is 1. The molecule has 0 aliphatic carbocycles. The number of nitrogens with zero attached hydrogens (tertiary/aromatic N) is 3. The van der Waals surface area contributed by atoms with Crippen LogP contribution in [-0.4, -0.2) is 64.3 Å². The molecule has 2 aromatic rings. The number of nitrogens with one attached hydrogen (secondary N) is 1. The van der Waals surface area contributed by atoms with Gasteiger partial charge in [0.15, 0.2) is 0 Å². The predicted molar refractivity (Wildman–Crippen MR) is 130 cm³/mol. The lowest BCUT2D eigenvalue weighted by Crippen LogP contribution is -2.45. The minimum Gasteiger partial charge on any atom is -0.444 e. The van der Waals surface area contributed by atoms with Crippen molar-refractivity contribution in [3.63, 3.8) is 0 Å². The minimum absolute atomic E-state index is 0.00455. The van der Waals surface area contributed by atoms with Crippen molar-refractivity contribution in [2.45, 2.75) is 64.9 Å². The van der Waals surface area contributed by atoms with E-state index in [1.165, 1.54) is 0 Å². The van der Waals surface area contributed by atoms with Gasteiger partial charge in [-0.15, -0.1) is 0 Å². The number of carbonyl (C=O) groups excluding carboxylic acids is 2. The van der Waals surface area contributed by atoms with Crippen molar-refractivity contribution < 1.29 is 14.3 Å². The number of aromatic nitrogens is 2. The molecule has 0 spiro atoms. The molecule has 2 heterocycles. The molecule has 1 aliphatic heterocycles. The molecule has 0 atom stereocenters. The highest BCUT2D eigenvalue weighted by Crippen LogP contribution is 2.22. The highest BCUT2D eigenvalue weighted by Gasteiger charge is 2.31. The fraction of sp³-hybridized carbons (Fsp3) is 0.577. The van der Waals surface area contributed by atoms with Gasteiger partial charge in [0.1, 0.15) is 5.60 Å². The Kier molecular flexibility index (Phi) is 8.53. The van der Waals surface area contributed by atoms with Crippen LogP contribution >= 0.6 is 0 Å². The van der Waals surface area contributed by atoms with Crippen molar-refractivity contribution >= 4 is 12.0 Å². The van der Waals surface area contributed by atoms with Crippen LogP contribution in [-0.2, 0) is 16.0 Å². The summed E-state index contributed by atoms with van der Waals surface area (Å²) in [7, 11) is 1.89. The van der Waals surface area contributed by atoms with Crippen LogP contribution in [0, 0.1) is 5.92 Å². The first-order valence-electron chi connectivity index (χ1n) is 12.1. The third kappa shape index (κ3) is 7.62. The Bertz CT molecular complexity index is 896. The number of ether oxygens (including phenoxy) is 1. The van der Waals surface area contributed by atoms with Crippen LogP contribution in [0.25, 0.3) is 11.3 Å². The number of hydrogen-bond donors (Lipinski definition) is 1. The van der Waals surface area contributed by atoms with E-state index in [0.29, 0.717) is 25.9 Å². The molecule has 1 saturated heterocycles. The number of carbonyl (C=O) groups is 2. The van der Waals surface area contributed by atoms with E-state index in [1.54, 1.807) is 4.90 Å². The summed E-state index contributed by atoms with van der Waals surface area (Å²) in [5, 5.41) is 7.55. The number of hydrogen-bond acceptors (Lipinski definition) is 4. The number of aryl methyl sites for hydroxylation is 1. The zero-order chi connectivity index (χ0) is 23.8. The van der Waals surface area contributed by atoms with Crippen molar-refractivity contribution in [1.82, 2.24) is 20.0 Å². The number of rotatable bonds is 8. The van der Waals surface area contributed by atoms with Gasteiger partial charge in [0, 0.05) is 43.9 Å². The molecule has 1 N–H and O–H groups in total. The molecule has 0 unspecified atom stereocenters. The number of unbranched alkanes of at least 4 members (excludes halogenated alkanes) is 2. The molecule has 7 nitrogen and oxygen atoms in total. The number of piperidine rings is 1. The van der Waals surface area contributed by atoms with Crippen molar-refractivity contribution in [3.05, 3.63) is 42.1 Å². The molecule has 1 fully saturated rings. The third-order valence-electron chi connectivity index (χ3n) is 6.01. The third-order valence-corrected chi connectivity index (χ3v) is 6.01. The van der Waals surface area contributed by atoms with Crippen molar-refractivity contribution in [2.75, 3.05) is 26.7 Å². The van der Waals surface area contributed by atoms with Crippen molar-refractivity contribution in [1.29, 1.82) is 0 Å². The Hall–Kier alpha value is -2.83. The monoisotopic (exact) mass is 454 g/mol. The summed E-state index contributed by atoms with van der Waals surface area (Å²) in [6.07, 6.45) is 5.19. The zero-order valence-corrected chi connectivity index (χ0v) is 20.5. The Balaban J connectivity index is 1.32. The van der Waals surface area contributed by atoms with E-state index >= 15 is 0 Å². The van der Waals surface area contributed by atoms with E-state index in [2.05, 4.69) is 28.4 Å². The second kappa shape index (κ2) is 11.3. The first-order valence-corrected chi connectivity index (χ1v) is 12.1. The van der Waals surface area contributed by atoms with Gasteiger partial charge in [0.2, 0.25) is 5.91 Å². The fourth-order valence-corrected chi connectivity index (χ4v) is 4.15. The normalized spacial score (nSPS) is 14.8.